The van der Waals surface area contributed by atoms with Crippen molar-refractivity contribution in [2.24, 2.45) is 0 Å². The van der Waals surface area contributed by atoms with E-state index in [1.165, 1.54) is 18.3 Å². The molecule has 5 heteroatoms. The maximum atomic E-state index is 12.5. The van der Waals surface area contributed by atoms with Crippen molar-refractivity contribution < 1.29 is 13.5 Å². The van der Waals surface area contributed by atoms with E-state index < -0.39 is 16.1 Å². The fourth-order valence-corrected chi connectivity index (χ4v) is 2.80. The van der Waals surface area contributed by atoms with E-state index in [1.54, 1.807) is 19.1 Å². The SMILES string of the molecule is C=C=CN(CC(O)C(=C)C)S(=O)(=O)c1ccc(C)cc1. The monoisotopic (exact) mass is 293 g/mol. The Morgan fingerprint density at radius 3 is 2.45 bits per heavy atom. The smallest absolute Gasteiger partial charge is 0.264 e. The Labute approximate surface area is 120 Å². The van der Waals surface area contributed by atoms with Crippen LogP contribution in [0.25, 0.3) is 0 Å². The van der Waals surface area contributed by atoms with E-state index in [4.69, 9.17) is 0 Å². The molecule has 0 saturated heterocycles. The molecule has 0 bridgehead atoms. The molecular weight excluding hydrogens is 274 g/mol. The van der Waals surface area contributed by atoms with E-state index in [-0.39, 0.29) is 11.4 Å². The van der Waals surface area contributed by atoms with Gasteiger partial charge in [-0.15, -0.1) is 5.73 Å². The van der Waals surface area contributed by atoms with Crippen LogP contribution in [0.2, 0.25) is 0 Å². The lowest BCUT2D eigenvalue weighted by Crippen LogP contribution is -2.33. The third kappa shape index (κ3) is 3.84. The largest absolute Gasteiger partial charge is 0.387 e. The summed E-state index contributed by atoms with van der Waals surface area (Å²) in [6.45, 7) is 10.4. The van der Waals surface area contributed by atoms with Crippen LogP contribution >= 0.6 is 0 Å². The molecule has 4 nitrogen and oxygen atoms in total. The maximum Gasteiger partial charge on any atom is 0.264 e. The average molecular weight is 293 g/mol. The molecule has 0 amide bonds. The second-order valence-electron chi connectivity index (χ2n) is 4.58. The van der Waals surface area contributed by atoms with E-state index in [0.29, 0.717) is 5.57 Å². The summed E-state index contributed by atoms with van der Waals surface area (Å²) >= 11 is 0. The van der Waals surface area contributed by atoms with E-state index in [9.17, 15) is 13.5 Å². The third-order valence-electron chi connectivity index (χ3n) is 2.78. The van der Waals surface area contributed by atoms with Crippen LogP contribution < -0.4 is 0 Å². The number of nitrogens with zero attached hydrogens (tertiary/aromatic N) is 1. The van der Waals surface area contributed by atoms with Gasteiger partial charge in [-0.1, -0.05) is 36.4 Å². The number of hydrogen-bond acceptors (Lipinski definition) is 3. The second-order valence-corrected chi connectivity index (χ2v) is 6.47. The first-order valence-electron chi connectivity index (χ1n) is 6.07. The van der Waals surface area contributed by atoms with Crippen molar-refractivity contribution in [3.63, 3.8) is 0 Å². The van der Waals surface area contributed by atoms with Gasteiger partial charge in [0.05, 0.1) is 23.7 Å². The van der Waals surface area contributed by atoms with Crippen molar-refractivity contribution in [2.45, 2.75) is 24.8 Å². The zero-order valence-electron chi connectivity index (χ0n) is 11.7. The highest BCUT2D eigenvalue weighted by Gasteiger charge is 2.23. The van der Waals surface area contributed by atoms with Gasteiger partial charge in [0.25, 0.3) is 10.0 Å². The molecule has 0 saturated carbocycles. The summed E-state index contributed by atoms with van der Waals surface area (Å²) in [6, 6.07) is 6.50. The molecule has 20 heavy (non-hydrogen) atoms. The summed E-state index contributed by atoms with van der Waals surface area (Å²) in [7, 11) is -3.73. The molecule has 1 atom stereocenters. The number of rotatable bonds is 6. The van der Waals surface area contributed by atoms with Gasteiger partial charge in [0.1, 0.15) is 0 Å². The summed E-state index contributed by atoms with van der Waals surface area (Å²) in [5, 5.41) is 9.80. The molecule has 1 aromatic carbocycles. The highest BCUT2D eigenvalue weighted by atomic mass is 32.2. The Hall–Kier alpha value is -1.81. The van der Waals surface area contributed by atoms with Crippen molar-refractivity contribution in [2.75, 3.05) is 6.54 Å². The van der Waals surface area contributed by atoms with Crippen molar-refractivity contribution >= 4 is 10.0 Å². The summed E-state index contributed by atoms with van der Waals surface area (Å²) in [5.74, 6) is 0. The predicted molar refractivity (Wildman–Crippen MR) is 79.6 cm³/mol. The molecule has 0 aliphatic rings. The van der Waals surface area contributed by atoms with E-state index in [0.717, 1.165) is 9.87 Å². The van der Waals surface area contributed by atoms with Gasteiger partial charge in [0, 0.05) is 0 Å². The molecule has 108 valence electrons. The van der Waals surface area contributed by atoms with E-state index in [2.05, 4.69) is 18.9 Å². The van der Waals surface area contributed by atoms with Crippen LogP contribution in [0.4, 0.5) is 0 Å². The number of hydrogen-bond donors (Lipinski definition) is 1. The first kappa shape index (κ1) is 16.2. The fraction of sp³-hybridized carbons (Fsp3) is 0.267. The number of aliphatic hydroxyl groups excluding tert-OH is 1. The molecule has 0 spiro atoms. The first-order chi connectivity index (χ1) is 9.28. The van der Waals surface area contributed by atoms with Gasteiger partial charge in [-0.3, -0.25) is 4.31 Å². The number of aliphatic hydroxyl groups is 1. The predicted octanol–water partition coefficient (Wildman–Crippen LogP) is 2.22. The Morgan fingerprint density at radius 1 is 1.45 bits per heavy atom. The molecule has 1 rings (SSSR count). The van der Waals surface area contributed by atoms with Crippen LogP contribution in [0.3, 0.4) is 0 Å². The zero-order chi connectivity index (χ0) is 15.3. The molecule has 0 fully saturated rings. The van der Waals surface area contributed by atoms with Crippen molar-refractivity contribution in [1.29, 1.82) is 0 Å². The quantitative estimate of drug-likeness (QED) is 0.646. The summed E-state index contributed by atoms with van der Waals surface area (Å²) < 4.78 is 26.0. The Morgan fingerprint density at radius 2 is 2.00 bits per heavy atom. The zero-order valence-corrected chi connectivity index (χ0v) is 12.5. The standard InChI is InChI=1S/C15H19NO3S/c1-5-10-16(11-15(17)12(2)3)20(18,19)14-8-6-13(4)7-9-14/h6-10,15,17H,1-2,11H2,3-4H3. The van der Waals surface area contributed by atoms with Gasteiger partial charge >= 0.3 is 0 Å². The van der Waals surface area contributed by atoms with Crippen LogP contribution in [0.5, 0.6) is 0 Å². The number of aryl methyl sites for hydroxylation is 1. The van der Waals surface area contributed by atoms with Gasteiger partial charge in [0.15, 0.2) is 0 Å². The third-order valence-corrected chi connectivity index (χ3v) is 4.52. The summed E-state index contributed by atoms with van der Waals surface area (Å²) in [6.07, 6.45) is 0.265. The lowest BCUT2D eigenvalue weighted by Gasteiger charge is -2.22. The Kier molecular flexibility index (Phi) is 5.34. The maximum absolute atomic E-state index is 12.5. The lowest BCUT2D eigenvalue weighted by molar-refractivity contribution is 0.191. The highest BCUT2D eigenvalue weighted by Crippen LogP contribution is 2.18. The minimum atomic E-state index is -3.73. The van der Waals surface area contributed by atoms with Gasteiger partial charge in [-0.05, 0) is 26.0 Å². The molecular formula is C15H19NO3S. The molecule has 0 aromatic heterocycles. The molecule has 0 heterocycles. The fourth-order valence-electron chi connectivity index (χ4n) is 1.49. The van der Waals surface area contributed by atoms with Crippen LogP contribution in [0, 0.1) is 6.92 Å². The normalized spacial score (nSPS) is 12.3. The number of benzene rings is 1. The highest BCUT2D eigenvalue weighted by molar-refractivity contribution is 7.89. The topological polar surface area (TPSA) is 57.6 Å². The minimum Gasteiger partial charge on any atom is -0.387 e. The average Bonchev–Trinajstić information content (AvgIpc) is 2.38. The van der Waals surface area contributed by atoms with Crippen LogP contribution in [0.15, 0.2) is 59.8 Å². The van der Waals surface area contributed by atoms with Gasteiger partial charge in [0.2, 0.25) is 0 Å². The molecule has 0 aliphatic heterocycles. The molecule has 0 radical (unpaired) electrons. The van der Waals surface area contributed by atoms with Crippen molar-refractivity contribution in [3.05, 3.63) is 60.5 Å². The minimum absolute atomic E-state index is 0.117. The van der Waals surface area contributed by atoms with Gasteiger partial charge < -0.3 is 5.11 Å². The summed E-state index contributed by atoms with van der Waals surface area (Å²) in [4.78, 5) is 0.156. The van der Waals surface area contributed by atoms with Gasteiger partial charge in [-0.2, -0.15) is 0 Å². The first-order valence-corrected chi connectivity index (χ1v) is 7.51. The molecule has 1 unspecified atom stereocenters. The van der Waals surface area contributed by atoms with Crippen molar-refractivity contribution in [3.8, 4) is 0 Å². The van der Waals surface area contributed by atoms with Crippen LogP contribution in [-0.2, 0) is 10.0 Å². The van der Waals surface area contributed by atoms with Crippen LogP contribution in [0.1, 0.15) is 12.5 Å². The number of sulfonamides is 1. The Balaban J connectivity index is 3.15. The molecule has 0 aliphatic carbocycles. The van der Waals surface area contributed by atoms with Crippen LogP contribution in [-0.4, -0.2) is 30.5 Å². The second kappa shape index (κ2) is 6.57. The molecule has 1 aromatic rings. The van der Waals surface area contributed by atoms with Gasteiger partial charge in [-0.25, -0.2) is 8.42 Å². The lowest BCUT2D eigenvalue weighted by atomic mass is 10.2. The summed E-state index contributed by atoms with van der Waals surface area (Å²) in [5.41, 5.74) is 3.89. The van der Waals surface area contributed by atoms with E-state index >= 15 is 0 Å². The Bertz CT molecular complexity index is 626. The van der Waals surface area contributed by atoms with Crippen molar-refractivity contribution in [1.82, 2.24) is 4.31 Å². The molecule has 1 N–H and O–H groups in total. The van der Waals surface area contributed by atoms with E-state index in [1.807, 2.05) is 6.92 Å².